The summed E-state index contributed by atoms with van der Waals surface area (Å²) in [6.45, 7) is 5.78. The van der Waals surface area contributed by atoms with Crippen LogP contribution in [0, 0.1) is 10.1 Å². The Hall–Kier alpha value is -3.19. The first-order valence-corrected chi connectivity index (χ1v) is 9.15. The highest BCUT2D eigenvalue weighted by atomic mass is 35.5. The van der Waals surface area contributed by atoms with Gasteiger partial charge in [0, 0.05) is 30.9 Å². The van der Waals surface area contributed by atoms with Crippen molar-refractivity contribution in [2.24, 2.45) is 0 Å². The molecule has 0 bridgehead atoms. The summed E-state index contributed by atoms with van der Waals surface area (Å²) in [7, 11) is 0. The Kier molecular flexibility index (Phi) is 5.46. The Labute approximate surface area is 167 Å². The molecule has 2 amide bonds. The number of halogens is 1. The monoisotopic (exact) mass is 399 g/mol. The van der Waals surface area contributed by atoms with Crippen molar-refractivity contribution in [1.29, 1.82) is 0 Å². The number of rotatable bonds is 6. The second kappa shape index (κ2) is 7.82. The molecule has 2 aromatic carbocycles. The fourth-order valence-electron chi connectivity index (χ4n) is 3.14. The van der Waals surface area contributed by atoms with E-state index in [9.17, 15) is 19.7 Å². The summed E-state index contributed by atoms with van der Waals surface area (Å²) in [5.74, 6) is -1.17. The van der Waals surface area contributed by atoms with Crippen LogP contribution < -0.4 is 9.80 Å². The number of nitro groups is 1. The van der Waals surface area contributed by atoms with Crippen LogP contribution in [0.4, 0.5) is 17.1 Å². The van der Waals surface area contributed by atoms with Gasteiger partial charge in [-0.15, -0.1) is 0 Å². The molecule has 0 N–H and O–H groups in total. The van der Waals surface area contributed by atoms with Gasteiger partial charge in [0.2, 0.25) is 0 Å². The molecule has 0 radical (unpaired) electrons. The van der Waals surface area contributed by atoms with Crippen LogP contribution in [0.25, 0.3) is 5.57 Å². The van der Waals surface area contributed by atoms with E-state index in [0.29, 0.717) is 11.3 Å². The zero-order valence-electron chi connectivity index (χ0n) is 15.4. The summed E-state index contributed by atoms with van der Waals surface area (Å²) < 4.78 is 0. The smallest absolute Gasteiger partial charge is 0.277 e. The summed E-state index contributed by atoms with van der Waals surface area (Å²) in [5.41, 5.74) is 1.69. The number of imide groups is 1. The van der Waals surface area contributed by atoms with Gasteiger partial charge in [0.1, 0.15) is 5.03 Å². The lowest BCUT2D eigenvalue weighted by Gasteiger charge is -2.22. The molecule has 0 aromatic heterocycles. The number of hydrogen-bond donors (Lipinski definition) is 0. The van der Waals surface area contributed by atoms with Crippen molar-refractivity contribution in [3.63, 3.8) is 0 Å². The van der Waals surface area contributed by atoms with Crippen molar-refractivity contribution in [2.75, 3.05) is 22.9 Å². The van der Waals surface area contributed by atoms with Gasteiger partial charge >= 0.3 is 0 Å². The quantitative estimate of drug-likeness (QED) is 0.417. The minimum absolute atomic E-state index is 0.0365. The summed E-state index contributed by atoms with van der Waals surface area (Å²) in [4.78, 5) is 38.9. The van der Waals surface area contributed by atoms with Crippen molar-refractivity contribution in [3.05, 3.63) is 69.2 Å². The van der Waals surface area contributed by atoms with E-state index in [1.54, 1.807) is 12.1 Å². The SMILES string of the molecule is CCN(CC)c1ccc(N2C(=O)C(Cl)=C(c3ccc([N+](=O)[O-])cc3)C2=O)cc1. The number of anilines is 2. The second-order valence-electron chi connectivity index (χ2n) is 6.13. The van der Waals surface area contributed by atoms with Crippen molar-refractivity contribution in [2.45, 2.75) is 13.8 Å². The number of nitrogens with zero attached hydrogens (tertiary/aromatic N) is 3. The van der Waals surface area contributed by atoms with E-state index >= 15 is 0 Å². The van der Waals surface area contributed by atoms with Gasteiger partial charge in [-0.25, -0.2) is 4.90 Å². The van der Waals surface area contributed by atoms with Crippen LogP contribution in [-0.4, -0.2) is 29.8 Å². The molecule has 7 nitrogen and oxygen atoms in total. The van der Waals surface area contributed by atoms with Gasteiger partial charge in [0.25, 0.3) is 17.5 Å². The fourth-order valence-corrected chi connectivity index (χ4v) is 3.41. The third-order valence-electron chi connectivity index (χ3n) is 4.63. The molecular formula is C20H18ClN3O4. The first kappa shape index (κ1) is 19.6. The normalized spacial score (nSPS) is 14.0. The third-order valence-corrected chi connectivity index (χ3v) is 4.98. The van der Waals surface area contributed by atoms with Crippen molar-refractivity contribution in [1.82, 2.24) is 0 Å². The van der Waals surface area contributed by atoms with Crippen molar-refractivity contribution >= 4 is 46.1 Å². The van der Waals surface area contributed by atoms with Gasteiger partial charge < -0.3 is 4.90 Å². The van der Waals surface area contributed by atoms with E-state index in [4.69, 9.17) is 11.6 Å². The predicted octanol–water partition coefficient (Wildman–Crippen LogP) is 3.96. The van der Waals surface area contributed by atoms with E-state index in [1.165, 1.54) is 24.3 Å². The maximum atomic E-state index is 12.9. The maximum Gasteiger partial charge on any atom is 0.277 e. The summed E-state index contributed by atoms with van der Waals surface area (Å²) >= 11 is 6.16. The molecule has 1 aliphatic heterocycles. The molecule has 8 heteroatoms. The average Bonchev–Trinajstić information content (AvgIpc) is 2.92. The second-order valence-corrected chi connectivity index (χ2v) is 6.51. The lowest BCUT2D eigenvalue weighted by Crippen LogP contribution is -2.31. The topological polar surface area (TPSA) is 83.8 Å². The molecule has 0 saturated heterocycles. The van der Waals surface area contributed by atoms with E-state index in [1.807, 2.05) is 26.0 Å². The minimum Gasteiger partial charge on any atom is -0.372 e. The molecule has 0 fully saturated rings. The van der Waals surface area contributed by atoms with E-state index in [0.717, 1.165) is 23.7 Å². The Morgan fingerprint density at radius 2 is 1.54 bits per heavy atom. The molecule has 0 atom stereocenters. The zero-order valence-corrected chi connectivity index (χ0v) is 16.1. The summed E-state index contributed by atoms with van der Waals surface area (Å²) in [6, 6.07) is 12.5. The molecule has 28 heavy (non-hydrogen) atoms. The molecule has 144 valence electrons. The molecule has 1 heterocycles. The van der Waals surface area contributed by atoms with E-state index in [-0.39, 0.29) is 16.3 Å². The first-order valence-electron chi connectivity index (χ1n) is 8.77. The van der Waals surface area contributed by atoms with Gasteiger partial charge in [0.05, 0.1) is 16.2 Å². The molecule has 0 spiro atoms. The van der Waals surface area contributed by atoms with Crippen molar-refractivity contribution < 1.29 is 14.5 Å². The number of benzene rings is 2. The van der Waals surface area contributed by atoms with Crippen LogP contribution in [0.2, 0.25) is 0 Å². The lowest BCUT2D eigenvalue weighted by molar-refractivity contribution is -0.384. The largest absolute Gasteiger partial charge is 0.372 e. The molecule has 0 unspecified atom stereocenters. The summed E-state index contributed by atoms with van der Waals surface area (Å²) in [6.07, 6.45) is 0. The number of amides is 2. The van der Waals surface area contributed by atoms with Crippen LogP contribution in [0.3, 0.4) is 0 Å². The number of hydrogen-bond acceptors (Lipinski definition) is 5. The van der Waals surface area contributed by atoms with Crippen LogP contribution in [0.15, 0.2) is 53.6 Å². The molecule has 0 saturated carbocycles. The molecule has 2 aromatic rings. The standard InChI is InChI=1S/C20H18ClN3O4/c1-3-22(4-2)14-9-11-15(12-10-14)23-19(25)17(18(21)20(23)26)13-5-7-16(8-6-13)24(27)28/h5-12H,3-4H2,1-2H3. The highest BCUT2D eigenvalue weighted by Gasteiger charge is 2.39. The third kappa shape index (κ3) is 3.36. The Morgan fingerprint density at radius 3 is 2.04 bits per heavy atom. The van der Waals surface area contributed by atoms with Crippen LogP contribution in [0.5, 0.6) is 0 Å². The van der Waals surface area contributed by atoms with Crippen LogP contribution in [0.1, 0.15) is 19.4 Å². The fraction of sp³-hybridized carbons (Fsp3) is 0.200. The number of carbonyl (C=O) groups excluding carboxylic acids is 2. The van der Waals surface area contributed by atoms with Crippen LogP contribution >= 0.6 is 11.6 Å². The highest BCUT2D eigenvalue weighted by molar-refractivity contribution is 6.60. The van der Waals surface area contributed by atoms with Gasteiger partial charge in [-0.05, 0) is 55.8 Å². The Bertz CT molecular complexity index is 964. The van der Waals surface area contributed by atoms with E-state index in [2.05, 4.69) is 4.90 Å². The van der Waals surface area contributed by atoms with E-state index < -0.39 is 16.7 Å². The Morgan fingerprint density at radius 1 is 0.964 bits per heavy atom. The van der Waals surface area contributed by atoms with Crippen LogP contribution in [-0.2, 0) is 9.59 Å². The number of carbonyl (C=O) groups is 2. The average molecular weight is 400 g/mol. The van der Waals surface area contributed by atoms with Gasteiger partial charge in [0.15, 0.2) is 0 Å². The zero-order chi connectivity index (χ0) is 20.4. The Balaban J connectivity index is 1.91. The van der Waals surface area contributed by atoms with Gasteiger partial charge in [-0.3, -0.25) is 19.7 Å². The lowest BCUT2D eigenvalue weighted by atomic mass is 10.1. The minimum atomic E-state index is -0.615. The molecule has 1 aliphatic rings. The van der Waals surface area contributed by atoms with Gasteiger partial charge in [-0.2, -0.15) is 0 Å². The summed E-state index contributed by atoms with van der Waals surface area (Å²) in [5, 5.41) is 10.6. The highest BCUT2D eigenvalue weighted by Crippen LogP contribution is 2.35. The first-order chi connectivity index (χ1) is 13.4. The van der Waals surface area contributed by atoms with Gasteiger partial charge in [-0.1, -0.05) is 11.6 Å². The number of nitro benzene ring substituents is 1. The number of non-ortho nitro benzene ring substituents is 1. The van der Waals surface area contributed by atoms with Crippen molar-refractivity contribution in [3.8, 4) is 0 Å². The predicted molar refractivity (Wildman–Crippen MR) is 108 cm³/mol. The molecule has 0 aliphatic carbocycles. The maximum absolute atomic E-state index is 12.9. The molecular weight excluding hydrogens is 382 g/mol. The molecule has 3 rings (SSSR count).